The first-order valence-corrected chi connectivity index (χ1v) is 16.4. The molecule has 0 spiro atoms. The van der Waals surface area contributed by atoms with Crippen LogP contribution in [-0.2, 0) is 26.2 Å². The van der Waals surface area contributed by atoms with Crippen LogP contribution in [0.4, 0.5) is 5.82 Å². The summed E-state index contributed by atoms with van der Waals surface area (Å²) in [5.74, 6) is 1.76. The van der Waals surface area contributed by atoms with Crippen LogP contribution in [0.5, 0.6) is 0 Å². The molecule has 2 unspecified atom stereocenters. The number of nitrogens with one attached hydrogen (secondary N) is 1. The zero-order valence-corrected chi connectivity index (χ0v) is 27.8. The molecule has 0 saturated carbocycles. The van der Waals surface area contributed by atoms with Gasteiger partial charge in [-0.3, -0.25) is 14.4 Å². The Morgan fingerprint density at radius 2 is 1.91 bits per heavy atom. The van der Waals surface area contributed by atoms with Crippen molar-refractivity contribution in [2.45, 2.75) is 65.2 Å². The van der Waals surface area contributed by atoms with Crippen molar-refractivity contribution in [3.8, 4) is 0 Å². The van der Waals surface area contributed by atoms with Crippen LogP contribution in [0.15, 0.2) is 45.7 Å². The van der Waals surface area contributed by atoms with E-state index in [-0.39, 0.29) is 29.3 Å². The summed E-state index contributed by atoms with van der Waals surface area (Å²) in [5.41, 5.74) is 2.62. The maximum atomic E-state index is 13.0. The van der Waals surface area contributed by atoms with E-state index in [2.05, 4.69) is 23.7 Å². The highest BCUT2D eigenvalue weighted by molar-refractivity contribution is 6.30. The number of piperidine rings is 1. The molecule has 0 aliphatic carbocycles. The molecule has 11 nitrogen and oxygen atoms in total. The number of carboxylic acid groups (broad SMARTS) is 1. The number of pyridine rings is 1. The van der Waals surface area contributed by atoms with Crippen LogP contribution in [0, 0.1) is 5.92 Å². The van der Waals surface area contributed by atoms with Crippen LogP contribution in [0.25, 0.3) is 22.1 Å². The van der Waals surface area contributed by atoms with Crippen LogP contribution < -0.4 is 10.5 Å². The fraction of sp³-hybridized carbons (Fsp3) is 0.500. The fourth-order valence-corrected chi connectivity index (χ4v) is 6.37. The molecule has 6 rings (SSSR count). The van der Waals surface area contributed by atoms with Gasteiger partial charge in [0.05, 0.1) is 24.7 Å². The number of para-hydroxylation sites is 1. The summed E-state index contributed by atoms with van der Waals surface area (Å²) in [6.45, 7) is 11.8. The Labute approximate surface area is 273 Å². The van der Waals surface area contributed by atoms with Gasteiger partial charge in [0.2, 0.25) is 5.91 Å². The van der Waals surface area contributed by atoms with E-state index in [1.165, 1.54) is 6.20 Å². The van der Waals surface area contributed by atoms with Gasteiger partial charge in [-0.1, -0.05) is 51.4 Å². The molecule has 2 N–H and O–H groups in total. The standard InChI is InChI=1S/C31H36ClN5O4.C2H6.CH2O2/c1-20-19-37(14-11-31(20,2)23-17-21(32)18-33-30(23)39)26(38)10-16-40-15-9-25-34-27-22-7-3-4-8-24(22)41-28(27)29(35-25)36-12-5-6-13-36;1-2;2-1-3/h3-4,7-8,17-18,20H,5-6,9-16,19H2,1-2H3,(H,33,39);1-2H3;1H,(H,2,3). The topological polar surface area (TPSA) is 142 Å². The van der Waals surface area contributed by atoms with Crippen LogP contribution in [0.1, 0.15) is 64.8 Å². The Bertz CT molecular complexity index is 1680. The largest absolute Gasteiger partial charge is 0.483 e. The minimum absolute atomic E-state index is 0.0674. The first-order valence-electron chi connectivity index (χ1n) is 16.0. The summed E-state index contributed by atoms with van der Waals surface area (Å²) >= 11 is 6.17. The predicted molar refractivity (Wildman–Crippen MR) is 180 cm³/mol. The number of ether oxygens (including phenoxy) is 1. The Balaban J connectivity index is 0.000000908. The van der Waals surface area contributed by atoms with Crippen LogP contribution in [-0.4, -0.2) is 76.7 Å². The van der Waals surface area contributed by atoms with Gasteiger partial charge in [0.1, 0.15) is 16.9 Å². The molecule has 1 amide bonds. The molecule has 0 bridgehead atoms. The first kappa shape index (κ1) is 34.9. The SMILES string of the molecule is CC.CC1CN(C(=O)CCOCCc2nc(N3CCCC3)c3oc4ccccc4c3n2)CCC1(C)c1cc(Cl)c[nH]c1=O.O=CO. The molecule has 4 aromatic rings. The summed E-state index contributed by atoms with van der Waals surface area (Å²) in [6, 6.07) is 9.71. The smallest absolute Gasteiger partial charge is 0.290 e. The number of H-pyrrole nitrogens is 1. The number of halogens is 1. The fourth-order valence-electron chi connectivity index (χ4n) is 6.20. The summed E-state index contributed by atoms with van der Waals surface area (Å²) in [4.78, 5) is 50.5. The van der Waals surface area contributed by atoms with Crippen molar-refractivity contribution in [3.63, 3.8) is 0 Å². The number of furan rings is 1. The number of hydrogen-bond donors (Lipinski definition) is 2. The number of nitrogens with zero attached hydrogens (tertiary/aromatic N) is 4. The second kappa shape index (κ2) is 16.0. The van der Waals surface area contributed by atoms with E-state index in [0.717, 1.165) is 59.6 Å². The van der Waals surface area contributed by atoms with Crippen molar-refractivity contribution in [2.24, 2.45) is 5.92 Å². The third-order valence-corrected chi connectivity index (χ3v) is 9.12. The number of amides is 1. The number of benzene rings is 1. The van der Waals surface area contributed by atoms with E-state index in [0.29, 0.717) is 56.2 Å². The first-order chi connectivity index (χ1) is 22.2. The Morgan fingerprint density at radius 1 is 1.20 bits per heavy atom. The molecular formula is C34H44ClN5O6. The molecule has 2 fully saturated rings. The molecule has 248 valence electrons. The van der Waals surface area contributed by atoms with Crippen molar-refractivity contribution in [1.29, 1.82) is 0 Å². The number of aromatic amines is 1. The van der Waals surface area contributed by atoms with Gasteiger partial charge in [-0.15, -0.1) is 0 Å². The number of carbonyl (C=O) groups is 2. The highest BCUT2D eigenvalue weighted by Gasteiger charge is 2.40. The molecule has 2 aliphatic heterocycles. The molecule has 0 radical (unpaired) electrons. The number of fused-ring (bicyclic) bond motifs is 3. The van der Waals surface area contributed by atoms with Gasteiger partial charge >= 0.3 is 0 Å². The van der Waals surface area contributed by atoms with Crippen molar-refractivity contribution in [2.75, 3.05) is 44.3 Å². The number of aromatic nitrogens is 3. The predicted octanol–water partition coefficient (Wildman–Crippen LogP) is 5.82. The minimum Gasteiger partial charge on any atom is -0.483 e. The number of rotatable bonds is 8. The van der Waals surface area contributed by atoms with E-state index in [1.807, 2.05) is 43.0 Å². The lowest BCUT2D eigenvalue weighted by Crippen LogP contribution is -2.51. The summed E-state index contributed by atoms with van der Waals surface area (Å²) in [6.07, 6.45) is 5.37. The molecule has 12 heteroatoms. The number of anilines is 1. The third kappa shape index (κ3) is 7.70. The molecule has 2 atom stereocenters. The van der Waals surface area contributed by atoms with Gasteiger partial charge in [-0.25, -0.2) is 9.97 Å². The molecular weight excluding hydrogens is 610 g/mol. The van der Waals surface area contributed by atoms with E-state index in [4.69, 9.17) is 40.6 Å². The van der Waals surface area contributed by atoms with E-state index in [9.17, 15) is 9.59 Å². The van der Waals surface area contributed by atoms with Crippen molar-refractivity contribution in [3.05, 3.63) is 63.3 Å². The van der Waals surface area contributed by atoms with Gasteiger partial charge in [0, 0.05) is 55.2 Å². The minimum atomic E-state index is -0.346. The Kier molecular flexibility index (Phi) is 12.2. The van der Waals surface area contributed by atoms with Crippen LogP contribution >= 0.6 is 11.6 Å². The molecule has 5 heterocycles. The lowest BCUT2D eigenvalue weighted by molar-refractivity contribution is -0.135. The maximum absolute atomic E-state index is 13.0. The number of carbonyl (C=O) groups excluding carboxylic acids is 1. The Hall–Kier alpha value is -3.96. The highest BCUT2D eigenvalue weighted by atomic mass is 35.5. The summed E-state index contributed by atoms with van der Waals surface area (Å²) < 4.78 is 12.1. The second-order valence-electron chi connectivity index (χ2n) is 11.6. The van der Waals surface area contributed by atoms with E-state index < -0.39 is 0 Å². The maximum Gasteiger partial charge on any atom is 0.290 e. The monoisotopic (exact) mass is 653 g/mol. The zero-order chi connectivity index (χ0) is 33.3. The summed E-state index contributed by atoms with van der Waals surface area (Å²) in [7, 11) is 0. The van der Waals surface area contributed by atoms with Crippen molar-refractivity contribution in [1.82, 2.24) is 19.9 Å². The molecule has 2 saturated heterocycles. The van der Waals surface area contributed by atoms with E-state index in [1.54, 1.807) is 6.07 Å². The number of hydrogen-bond acceptors (Lipinski definition) is 8. The highest BCUT2D eigenvalue weighted by Crippen LogP contribution is 2.38. The van der Waals surface area contributed by atoms with Gasteiger partial charge in [0.15, 0.2) is 11.4 Å². The van der Waals surface area contributed by atoms with Gasteiger partial charge in [-0.2, -0.15) is 0 Å². The average Bonchev–Trinajstić information content (AvgIpc) is 3.73. The van der Waals surface area contributed by atoms with E-state index >= 15 is 0 Å². The normalized spacial score (nSPS) is 19.4. The lowest BCUT2D eigenvalue weighted by Gasteiger charge is -2.44. The Morgan fingerprint density at radius 3 is 2.63 bits per heavy atom. The second-order valence-corrected chi connectivity index (χ2v) is 12.1. The quantitative estimate of drug-likeness (QED) is 0.178. The zero-order valence-electron chi connectivity index (χ0n) is 27.1. The van der Waals surface area contributed by atoms with Gasteiger partial charge < -0.3 is 29.0 Å². The number of likely N-dealkylation sites (tertiary alicyclic amines) is 1. The molecule has 3 aromatic heterocycles. The molecule has 1 aromatic carbocycles. The molecule has 2 aliphatic rings. The van der Waals surface area contributed by atoms with Crippen LogP contribution in [0.2, 0.25) is 5.02 Å². The molecule has 46 heavy (non-hydrogen) atoms. The van der Waals surface area contributed by atoms with Crippen molar-refractivity contribution < 1.29 is 23.8 Å². The lowest BCUT2D eigenvalue weighted by atomic mass is 9.68. The van der Waals surface area contributed by atoms with Gasteiger partial charge in [0.25, 0.3) is 12.0 Å². The van der Waals surface area contributed by atoms with Gasteiger partial charge in [-0.05, 0) is 43.4 Å². The summed E-state index contributed by atoms with van der Waals surface area (Å²) in [5, 5.41) is 8.39. The average molecular weight is 654 g/mol. The van der Waals surface area contributed by atoms with Crippen LogP contribution in [0.3, 0.4) is 0 Å². The van der Waals surface area contributed by atoms with Crippen molar-refractivity contribution >= 4 is 51.9 Å². The third-order valence-electron chi connectivity index (χ3n) is 8.90.